The van der Waals surface area contributed by atoms with E-state index >= 15 is 0 Å². The molecule has 10 heteroatoms. The molecule has 8 nitrogen and oxygen atoms in total. The molecule has 3 aromatic carbocycles. The highest BCUT2D eigenvalue weighted by molar-refractivity contribution is 7.92. The van der Waals surface area contributed by atoms with Crippen LogP contribution in [0.15, 0.2) is 83.8 Å². The van der Waals surface area contributed by atoms with Crippen molar-refractivity contribution in [1.29, 1.82) is 0 Å². The van der Waals surface area contributed by atoms with Crippen molar-refractivity contribution >= 4 is 33.4 Å². The van der Waals surface area contributed by atoms with E-state index in [9.17, 15) is 27.2 Å². The van der Waals surface area contributed by atoms with Crippen LogP contribution >= 0.6 is 0 Å². The number of anilines is 1. The van der Waals surface area contributed by atoms with Gasteiger partial charge in [-0.1, -0.05) is 36.4 Å². The largest absolute Gasteiger partial charge is 0.452 e. The van der Waals surface area contributed by atoms with Crippen molar-refractivity contribution in [2.45, 2.75) is 24.3 Å². The molecule has 0 saturated carbocycles. The van der Waals surface area contributed by atoms with Gasteiger partial charge in [-0.25, -0.2) is 17.6 Å². The van der Waals surface area contributed by atoms with Crippen LogP contribution in [0.1, 0.15) is 22.8 Å². The fourth-order valence-corrected chi connectivity index (χ4v) is 4.22. The number of halogens is 1. The van der Waals surface area contributed by atoms with Crippen LogP contribution in [0, 0.1) is 5.82 Å². The zero-order valence-corrected chi connectivity index (χ0v) is 19.5. The molecular weight excluding hydrogens is 475 g/mol. The Balaban J connectivity index is 1.60. The molecule has 0 radical (unpaired) electrons. The summed E-state index contributed by atoms with van der Waals surface area (Å²) >= 11 is 0. The molecule has 3 rings (SSSR count). The number of ketones is 1. The van der Waals surface area contributed by atoms with Gasteiger partial charge in [-0.15, -0.1) is 0 Å². The van der Waals surface area contributed by atoms with E-state index in [1.807, 2.05) is 30.3 Å². The number of rotatable bonds is 10. The van der Waals surface area contributed by atoms with Gasteiger partial charge in [-0.2, -0.15) is 0 Å². The van der Waals surface area contributed by atoms with Gasteiger partial charge in [0.15, 0.2) is 12.4 Å². The van der Waals surface area contributed by atoms with Crippen molar-refractivity contribution < 1.29 is 31.9 Å². The maximum Gasteiger partial charge on any atom is 0.338 e. The third-order valence-corrected chi connectivity index (χ3v) is 6.30. The molecule has 0 unspecified atom stereocenters. The number of Topliss-reactive ketones (excluding diaryl/α,β-unsaturated/α-hetero) is 1. The van der Waals surface area contributed by atoms with E-state index in [-0.39, 0.29) is 28.4 Å². The van der Waals surface area contributed by atoms with E-state index in [4.69, 9.17) is 4.74 Å². The number of ether oxygens (including phenoxy) is 1. The maximum absolute atomic E-state index is 13.0. The summed E-state index contributed by atoms with van der Waals surface area (Å²) in [6, 6.07) is 18.1. The second-order valence-electron chi connectivity index (χ2n) is 7.64. The van der Waals surface area contributed by atoms with Crippen molar-refractivity contribution in [3.63, 3.8) is 0 Å². The SMILES string of the molecule is CC(=O)[C@H](Cc1ccccc1)NC(=O)COC(=O)c1cccc(S(=O)(=O)Nc2ccc(F)cc2)c1. The maximum atomic E-state index is 13.0. The monoisotopic (exact) mass is 498 g/mol. The van der Waals surface area contributed by atoms with Crippen LogP contribution in [0.3, 0.4) is 0 Å². The standard InChI is InChI=1S/C25H23FN2O6S/c1-17(29)23(14-18-6-3-2-4-7-18)27-24(30)16-34-25(31)19-8-5-9-22(15-19)35(32,33)28-21-12-10-20(26)11-13-21/h2-13,15,23,28H,14,16H2,1H3,(H,27,30)/t23-/m0/s1. The Hall–Kier alpha value is -4.05. The van der Waals surface area contributed by atoms with Gasteiger partial charge in [0.25, 0.3) is 15.9 Å². The van der Waals surface area contributed by atoms with E-state index in [0.29, 0.717) is 0 Å². The molecule has 3 aromatic rings. The Morgan fingerprint density at radius 1 is 0.943 bits per heavy atom. The first-order valence-corrected chi connectivity index (χ1v) is 12.0. The fourth-order valence-electron chi connectivity index (χ4n) is 3.12. The number of hydrogen-bond donors (Lipinski definition) is 2. The zero-order chi connectivity index (χ0) is 25.4. The molecule has 0 aromatic heterocycles. The summed E-state index contributed by atoms with van der Waals surface area (Å²) in [5.41, 5.74) is 0.913. The van der Waals surface area contributed by atoms with Gasteiger partial charge in [0.2, 0.25) is 0 Å². The summed E-state index contributed by atoms with van der Waals surface area (Å²) in [6.45, 7) is 0.702. The van der Waals surface area contributed by atoms with Crippen molar-refractivity contribution in [2.24, 2.45) is 0 Å². The number of esters is 1. The van der Waals surface area contributed by atoms with Gasteiger partial charge in [0.1, 0.15) is 5.82 Å². The summed E-state index contributed by atoms with van der Waals surface area (Å²) in [7, 11) is -4.07. The molecule has 1 atom stereocenters. The second-order valence-corrected chi connectivity index (χ2v) is 9.32. The van der Waals surface area contributed by atoms with Crippen molar-refractivity contribution in [1.82, 2.24) is 5.32 Å². The quantitative estimate of drug-likeness (QED) is 0.415. The minimum Gasteiger partial charge on any atom is -0.452 e. The number of nitrogens with one attached hydrogen (secondary N) is 2. The highest BCUT2D eigenvalue weighted by Crippen LogP contribution is 2.18. The summed E-state index contributed by atoms with van der Waals surface area (Å²) in [5.74, 6) is -2.35. The molecule has 0 aliphatic carbocycles. The lowest BCUT2D eigenvalue weighted by Crippen LogP contribution is -2.43. The molecule has 35 heavy (non-hydrogen) atoms. The first-order chi connectivity index (χ1) is 16.6. The van der Waals surface area contributed by atoms with Crippen LogP contribution in [0.4, 0.5) is 10.1 Å². The van der Waals surface area contributed by atoms with Crippen molar-refractivity contribution in [3.8, 4) is 0 Å². The average molecular weight is 499 g/mol. The Labute approximate surface area is 202 Å². The smallest absolute Gasteiger partial charge is 0.338 e. The van der Waals surface area contributed by atoms with Crippen molar-refractivity contribution in [3.05, 3.63) is 95.8 Å². The molecule has 0 aliphatic rings. The first-order valence-electron chi connectivity index (χ1n) is 10.5. The lowest BCUT2D eigenvalue weighted by molar-refractivity contribution is -0.128. The number of hydrogen-bond acceptors (Lipinski definition) is 6. The molecule has 0 fully saturated rings. The first kappa shape index (κ1) is 25.6. The Morgan fingerprint density at radius 3 is 2.29 bits per heavy atom. The zero-order valence-electron chi connectivity index (χ0n) is 18.7. The van der Waals surface area contributed by atoms with Crippen LogP contribution < -0.4 is 10.0 Å². The minimum absolute atomic E-state index is 0.0906. The van der Waals surface area contributed by atoms with Gasteiger partial charge in [-0.3, -0.25) is 14.3 Å². The third-order valence-electron chi connectivity index (χ3n) is 4.92. The molecule has 0 saturated heterocycles. The van der Waals surface area contributed by atoms with E-state index in [1.165, 1.54) is 37.3 Å². The summed E-state index contributed by atoms with van der Waals surface area (Å²) in [6.07, 6.45) is 0.289. The van der Waals surface area contributed by atoms with Crippen LogP contribution in [-0.4, -0.2) is 38.7 Å². The number of carbonyl (C=O) groups is 3. The highest BCUT2D eigenvalue weighted by Gasteiger charge is 2.20. The van der Waals surface area contributed by atoms with Crippen LogP contribution in [0.25, 0.3) is 0 Å². The van der Waals surface area contributed by atoms with Gasteiger partial charge in [0, 0.05) is 5.69 Å². The van der Waals surface area contributed by atoms with Crippen molar-refractivity contribution in [2.75, 3.05) is 11.3 Å². The molecule has 1 amide bonds. The minimum atomic E-state index is -4.07. The molecule has 0 aliphatic heterocycles. The number of amides is 1. The van der Waals surface area contributed by atoms with Crippen LogP contribution in [0.2, 0.25) is 0 Å². The topological polar surface area (TPSA) is 119 Å². The molecular formula is C25H23FN2O6S. The summed E-state index contributed by atoms with van der Waals surface area (Å²) in [5, 5.41) is 2.54. The van der Waals surface area contributed by atoms with Gasteiger partial charge in [-0.05, 0) is 61.4 Å². The van der Waals surface area contributed by atoms with Crippen LogP contribution in [-0.2, 0) is 30.8 Å². The fraction of sp³-hybridized carbons (Fsp3) is 0.160. The summed E-state index contributed by atoms with van der Waals surface area (Å²) in [4.78, 5) is 36.4. The van der Waals surface area contributed by atoms with E-state index in [0.717, 1.165) is 23.8 Å². The lowest BCUT2D eigenvalue weighted by atomic mass is 10.0. The Bertz CT molecular complexity index is 1310. The molecule has 0 heterocycles. The van der Waals surface area contributed by atoms with Gasteiger partial charge < -0.3 is 10.1 Å². The highest BCUT2D eigenvalue weighted by atomic mass is 32.2. The Kier molecular flexibility index (Phi) is 8.32. The normalized spacial score (nSPS) is 11.8. The van der Waals surface area contributed by atoms with Gasteiger partial charge in [0.05, 0.1) is 16.5 Å². The Morgan fingerprint density at radius 2 is 1.63 bits per heavy atom. The van der Waals surface area contributed by atoms with Crippen LogP contribution in [0.5, 0.6) is 0 Å². The van der Waals surface area contributed by atoms with E-state index < -0.39 is 40.4 Å². The molecule has 182 valence electrons. The molecule has 0 bridgehead atoms. The van der Waals surface area contributed by atoms with E-state index in [1.54, 1.807) is 0 Å². The number of benzene rings is 3. The number of sulfonamides is 1. The number of carbonyl (C=O) groups excluding carboxylic acids is 3. The molecule has 2 N–H and O–H groups in total. The lowest BCUT2D eigenvalue weighted by Gasteiger charge is -2.16. The predicted molar refractivity (Wildman–Crippen MR) is 127 cm³/mol. The second kappa shape index (κ2) is 11.4. The van der Waals surface area contributed by atoms with E-state index in [2.05, 4.69) is 10.0 Å². The van der Waals surface area contributed by atoms with Gasteiger partial charge >= 0.3 is 5.97 Å². The predicted octanol–water partition coefficient (Wildman–Crippen LogP) is 3.10. The third kappa shape index (κ3) is 7.47. The molecule has 0 spiro atoms. The average Bonchev–Trinajstić information content (AvgIpc) is 2.84. The summed E-state index contributed by atoms with van der Waals surface area (Å²) < 4.78 is 45.6.